The SMILES string of the molecule is O=C(C[NH+]1CCCCC1)Nc1ncc(Cc2ccc(Cl)c(Cl)c2)s1. The lowest BCUT2D eigenvalue weighted by Crippen LogP contribution is -3.13. The third kappa shape index (κ3) is 4.93. The van der Waals surface area contributed by atoms with Crippen LogP contribution in [-0.4, -0.2) is 30.5 Å². The Morgan fingerprint density at radius 3 is 2.75 bits per heavy atom. The number of piperidine rings is 1. The first kappa shape index (κ1) is 17.7. The van der Waals surface area contributed by atoms with Gasteiger partial charge in [0.2, 0.25) is 0 Å². The van der Waals surface area contributed by atoms with E-state index in [-0.39, 0.29) is 5.91 Å². The van der Waals surface area contributed by atoms with Crippen molar-refractivity contribution < 1.29 is 9.69 Å². The zero-order valence-electron chi connectivity index (χ0n) is 13.3. The third-order valence-electron chi connectivity index (χ3n) is 4.13. The van der Waals surface area contributed by atoms with Crippen LogP contribution >= 0.6 is 34.5 Å². The van der Waals surface area contributed by atoms with E-state index in [1.807, 2.05) is 12.1 Å². The fourth-order valence-corrected chi connectivity index (χ4v) is 4.10. The summed E-state index contributed by atoms with van der Waals surface area (Å²) in [6, 6.07) is 5.61. The highest BCUT2D eigenvalue weighted by Crippen LogP contribution is 2.26. The average molecular weight is 385 g/mol. The average Bonchev–Trinajstić information content (AvgIpc) is 2.98. The number of aromatic nitrogens is 1. The zero-order chi connectivity index (χ0) is 16.9. The number of halogens is 2. The lowest BCUT2D eigenvalue weighted by Gasteiger charge is -2.22. The molecule has 3 rings (SSSR count). The largest absolute Gasteiger partial charge is 0.327 e. The highest BCUT2D eigenvalue weighted by Gasteiger charge is 2.18. The van der Waals surface area contributed by atoms with E-state index in [0.717, 1.165) is 30.0 Å². The Kier molecular flexibility index (Phi) is 6.11. The number of anilines is 1. The van der Waals surface area contributed by atoms with Crippen molar-refractivity contribution in [3.05, 3.63) is 44.9 Å². The number of carbonyl (C=O) groups excluding carboxylic acids is 1. The van der Waals surface area contributed by atoms with Gasteiger partial charge < -0.3 is 4.90 Å². The molecule has 0 bridgehead atoms. The number of nitrogens with one attached hydrogen (secondary N) is 2. The predicted molar refractivity (Wildman–Crippen MR) is 99.4 cm³/mol. The zero-order valence-corrected chi connectivity index (χ0v) is 15.6. The molecule has 0 atom stereocenters. The van der Waals surface area contributed by atoms with E-state index in [2.05, 4.69) is 10.3 Å². The summed E-state index contributed by atoms with van der Waals surface area (Å²) in [5.41, 5.74) is 1.07. The van der Waals surface area contributed by atoms with E-state index in [9.17, 15) is 4.79 Å². The van der Waals surface area contributed by atoms with Gasteiger partial charge in [-0.15, -0.1) is 11.3 Å². The molecule has 4 nitrogen and oxygen atoms in total. The van der Waals surface area contributed by atoms with Crippen LogP contribution < -0.4 is 10.2 Å². The Morgan fingerprint density at radius 1 is 1.21 bits per heavy atom. The van der Waals surface area contributed by atoms with Crippen molar-refractivity contribution in [2.24, 2.45) is 0 Å². The summed E-state index contributed by atoms with van der Waals surface area (Å²) in [6.07, 6.45) is 6.25. The minimum absolute atomic E-state index is 0.0438. The maximum absolute atomic E-state index is 12.1. The van der Waals surface area contributed by atoms with E-state index in [1.54, 1.807) is 12.3 Å². The topological polar surface area (TPSA) is 46.4 Å². The summed E-state index contributed by atoms with van der Waals surface area (Å²) >= 11 is 13.5. The monoisotopic (exact) mass is 384 g/mol. The summed E-state index contributed by atoms with van der Waals surface area (Å²) in [7, 11) is 0. The van der Waals surface area contributed by atoms with E-state index in [0.29, 0.717) is 21.7 Å². The van der Waals surface area contributed by atoms with Crippen LogP contribution in [0, 0.1) is 0 Å². The summed E-state index contributed by atoms with van der Waals surface area (Å²) in [5, 5.41) is 4.68. The van der Waals surface area contributed by atoms with Crippen molar-refractivity contribution in [2.75, 3.05) is 25.0 Å². The number of benzene rings is 1. The molecular formula is C17H20Cl2N3OS+. The van der Waals surface area contributed by atoms with Gasteiger partial charge in [0.25, 0.3) is 5.91 Å². The molecule has 1 amide bonds. The van der Waals surface area contributed by atoms with Gasteiger partial charge >= 0.3 is 0 Å². The van der Waals surface area contributed by atoms with Gasteiger partial charge in [-0.2, -0.15) is 0 Å². The van der Waals surface area contributed by atoms with E-state index in [4.69, 9.17) is 23.2 Å². The van der Waals surface area contributed by atoms with Gasteiger partial charge in [0.1, 0.15) is 0 Å². The van der Waals surface area contributed by atoms with Crippen LogP contribution in [0.4, 0.5) is 5.13 Å². The second kappa shape index (κ2) is 8.30. The number of rotatable bonds is 5. The minimum atomic E-state index is 0.0438. The number of amides is 1. The van der Waals surface area contributed by atoms with Gasteiger partial charge in [-0.1, -0.05) is 29.3 Å². The number of likely N-dealkylation sites (tertiary alicyclic amines) is 1. The second-order valence-electron chi connectivity index (χ2n) is 6.09. The number of carbonyl (C=O) groups is 1. The fourth-order valence-electron chi connectivity index (χ4n) is 2.92. The van der Waals surface area contributed by atoms with Gasteiger partial charge in [0, 0.05) is 17.5 Å². The molecule has 1 aromatic carbocycles. The normalized spacial score (nSPS) is 15.4. The first-order valence-corrected chi connectivity index (χ1v) is 9.69. The number of hydrogen-bond donors (Lipinski definition) is 2. The maximum Gasteiger partial charge on any atom is 0.281 e. The molecule has 1 aliphatic rings. The molecular weight excluding hydrogens is 365 g/mol. The van der Waals surface area contributed by atoms with Gasteiger partial charge in [-0.05, 0) is 37.0 Å². The summed E-state index contributed by atoms with van der Waals surface area (Å²) in [6.45, 7) is 2.71. The standard InChI is InChI=1S/C17H19Cl2N3OS/c18-14-5-4-12(9-15(14)19)8-13-10-20-17(24-13)21-16(23)11-22-6-2-1-3-7-22/h4-5,9-10H,1-3,6-8,11H2,(H,20,21,23)/p+1. The maximum atomic E-state index is 12.1. The van der Waals surface area contributed by atoms with Crippen molar-refractivity contribution in [2.45, 2.75) is 25.7 Å². The molecule has 128 valence electrons. The van der Waals surface area contributed by atoms with Crippen molar-refractivity contribution in [1.82, 2.24) is 4.98 Å². The molecule has 2 N–H and O–H groups in total. The number of quaternary nitrogens is 1. The van der Waals surface area contributed by atoms with E-state index >= 15 is 0 Å². The Hall–Kier alpha value is -1.14. The number of thiazole rings is 1. The van der Waals surface area contributed by atoms with Gasteiger partial charge in [0.15, 0.2) is 11.7 Å². The second-order valence-corrected chi connectivity index (χ2v) is 8.02. The van der Waals surface area contributed by atoms with Gasteiger partial charge in [-0.25, -0.2) is 4.98 Å². The highest BCUT2D eigenvalue weighted by atomic mass is 35.5. The Balaban J connectivity index is 1.54. The highest BCUT2D eigenvalue weighted by molar-refractivity contribution is 7.15. The van der Waals surface area contributed by atoms with Crippen molar-refractivity contribution in [3.63, 3.8) is 0 Å². The van der Waals surface area contributed by atoms with E-state index in [1.165, 1.54) is 35.5 Å². The lowest BCUT2D eigenvalue weighted by molar-refractivity contribution is -0.896. The van der Waals surface area contributed by atoms with Crippen LogP contribution in [0.1, 0.15) is 29.7 Å². The molecule has 7 heteroatoms. The molecule has 0 radical (unpaired) electrons. The quantitative estimate of drug-likeness (QED) is 0.831. The van der Waals surface area contributed by atoms with Crippen molar-refractivity contribution in [3.8, 4) is 0 Å². The first-order chi connectivity index (χ1) is 11.6. The van der Waals surface area contributed by atoms with Crippen LogP contribution in [-0.2, 0) is 11.2 Å². The summed E-state index contributed by atoms with van der Waals surface area (Å²) < 4.78 is 0. The molecule has 1 aliphatic heterocycles. The first-order valence-electron chi connectivity index (χ1n) is 8.12. The predicted octanol–water partition coefficient (Wildman–Crippen LogP) is 3.05. The minimum Gasteiger partial charge on any atom is -0.327 e. The Labute approximate surface area is 155 Å². The number of hydrogen-bond acceptors (Lipinski definition) is 3. The summed E-state index contributed by atoms with van der Waals surface area (Å²) in [5.74, 6) is 0.0438. The molecule has 0 saturated carbocycles. The lowest BCUT2D eigenvalue weighted by atomic mass is 10.1. The molecule has 24 heavy (non-hydrogen) atoms. The molecule has 0 unspecified atom stereocenters. The molecule has 2 heterocycles. The van der Waals surface area contributed by atoms with Crippen LogP contribution in [0.3, 0.4) is 0 Å². The smallest absolute Gasteiger partial charge is 0.281 e. The van der Waals surface area contributed by atoms with Crippen LogP contribution in [0.25, 0.3) is 0 Å². The van der Waals surface area contributed by atoms with Crippen molar-refractivity contribution >= 4 is 45.6 Å². The third-order valence-corrected chi connectivity index (χ3v) is 5.79. The molecule has 1 aromatic heterocycles. The van der Waals surface area contributed by atoms with Crippen LogP contribution in [0.5, 0.6) is 0 Å². The van der Waals surface area contributed by atoms with E-state index < -0.39 is 0 Å². The molecule has 1 fully saturated rings. The molecule has 0 aliphatic carbocycles. The summed E-state index contributed by atoms with van der Waals surface area (Å²) in [4.78, 5) is 18.9. The van der Waals surface area contributed by atoms with Gasteiger partial charge in [-0.3, -0.25) is 10.1 Å². The Morgan fingerprint density at radius 2 is 2.00 bits per heavy atom. The fraction of sp³-hybridized carbons (Fsp3) is 0.412. The van der Waals surface area contributed by atoms with Crippen LogP contribution in [0.15, 0.2) is 24.4 Å². The van der Waals surface area contributed by atoms with Crippen molar-refractivity contribution in [1.29, 1.82) is 0 Å². The number of nitrogens with zero attached hydrogens (tertiary/aromatic N) is 1. The van der Waals surface area contributed by atoms with Crippen LogP contribution in [0.2, 0.25) is 10.0 Å². The molecule has 0 spiro atoms. The Bertz CT molecular complexity index is 714. The molecule has 2 aromatic rings. The molecule has 1 saturated heterocycles. The van der Waals surface area contributed by atoms with Gasteiger partial charge in [0.05, 0.1) is 23.1 Å².